The van der Waals surface area contributed by atoms with Crippen LogP contribution < -0.4 is 26.6 Å². The summed E-state index contributed by atoms with van der Waals surface area (Å²) < 4.78 is 138. The van der Waals surface area contributed by atoms with Gasteiger partial charge in [0.1, 0.15) is 293 Å². The molecular formula is C82H137N5O61. The van der Waals surface area contributed by atoms with Crippen LogP contribution in [-0.4, -0.2) is 645 Å². The normalized spacial score (nSPS) is 49.3. The van der Waals surface area contributed by atoms with E-state index in [1.165, 1.54) is 0 Å². The van der Waals surface area contributed by atoms with Gasteiger partial charge >= 0.3 is 0 Å². The smallest absolute Gasteiger partial charge is 0.217 e. The second-order valence-electron chi connectivity index (χ2n) is 37.4. The fourth-order valence-corrected chi connectivity index (χ4v) is 19.1. The van der Waals surface area contributed by atoms with E-state index in [0.29, 0.717) is 0 Å². The number of aliphatic hydroxyl groups is 33. The molecule has 12 heterocycles. The van der Waals surface area contributed by atoms with Crippen molar-refractivity contribution in [3.8, 4) is 0 Å². The molecule has 38 N–H and O–H groups in total. The highest BCUT2D eigenvalue weighted by Gasteiger charge is 2.63. The molecule has 12 aliphatic rings. The van der Waals surface area contributed by atoms with Crippen LogP contribution in [0.1, 0.15) is 34.6 Å². The van der Waals surface area contributed by atoms with Gasteiger partial charge in [-0.05, 0) is 0 Å². The Bertz CT molecular complexity index is 4120. The van der Waals surface area contributed by atoms with Crippen LogP contribution in [0.2, 0.25) is 0 Å². The molecule has 66 nitrogen and oxygen atoms in total. The van der Waals surface area contributed by atoms with Crippen LogP contribution in [0.15, 0.2) is 0 Å². The zero-order valence-electron chi connectivity index (χ0n) is 79.3. The molecule has 856 valence electrons. The molecule has 0 aromatic rings. The van der Waals surface area contributed by atoms with Gasteiger partial charge < -0.3 is 304 Å². The Labute approximate surface area is 837 Å². The van der Waals surface area contributed by atoms with Crippen molar-refractivity contribution >= 4 is 29.5 Å². The van der Waals surface area contributed by atoms with E-state index < -0.39 is 477 Å². The maximum atomic E-state index is 13.3. The number of aliphatic hydroxyl groups excluding tert-OH is 33. The summed E-state index contributed by atoms with van der Waals surface area (Å²) in [6, 6.07) is -9.96. The summed E-state index contributed by atoms with van der Waals surface area (Å²) in [5.41, 5.74) is 0. The molecule has 5 amide bonds. The Morgan fingerprint density at radius 1 is 0.176 bits per heavy atom. The number of amides is 5. The zero-order valence-corrected chi connectivity index (χ0v) is 79.3. The van der Waals surface area contributed by atoms with Crippen LogP contribution in [0.3, 0.4) is 0 Å². The maximum absolute atomic E-state index is 13.3. The molecule has 60 atom stereocenters. The minimum absolute atomic E-state index is 0.866. The van der Waals surface area contributed by atoms with Gasteiger partial charge in [-0.1, -0.05) is 0 Å². The van der Waals surface area contributed by atoms with Crippen LogP contribution in [0.5, 0.6) is 0 Å². The van der Waals surface area contributed by atoms with Gasteiger partial charge in [-0.15, -0.1) is 0 Å². The Morgan fingerprint density at radius 3 is 0.662 bits per heavy atom. The van der Waals surface area contributed by atoms with Crippen molar-refractivity contribution < 1.29 is 301 Å². The first-order valence-electron chi connectivity index (χ1n) is 47.2. The predicted molar refractivity (Wildman–Crippen MR) is 453 cm³/mol. The summed E-state index contributed by atoms with van der Waals surface area (Å²) in [6.45, 7) is -9.39. The highest BCUT2D eigenvalue weighted by molar-refractivity contribution is 5.75. The predicted octanol–water partition coefficient (Wildman–Crippen LogP) is -26.4. The lowest BCUT2D eigenvalue weighted by molar-refractivity contribution is -0.400. The van der Waals surface area contributed by atoms with Crippen LogP contribution in [0.25, 0.3) is 0 Å². The Hall–Kier alpha value is -4.89. The van der Waals surface area contributed by atoms with Gasteiger partial charge in [0.25, 0.3) is 0 Å². The van der Waals surface area contributed by atoms with E-state index in [-0.39, 0.29) is 0 Å². The molecule has 0 radical (unpaired) electrons. The van der Waals surface area contributed by atoms with Gasteiger partial charge in [0.05, 0.1) is 79.3 Å². The van der Waals surface area contributed by atoms with Crippen LogP contribution in [0.4, 0.5) is 0 Å². The summed E-state index contributed by atoms with van der Waals surface area (Å²) >= 11 is 0. The molecule has 0 aromatic carbocycles. The standard InChI is InChI=1S/C82H137N5O61/c1-18(97)83-35-47(109)63(27(10-92)129-71(35)125)145-80-62(124)68(146-82-70(148-75-39(87-22(5)101)51(113)67(31(14-96)137-75)144-79-61(123)55(117)43(105)26(9-91)133-79)57(119)45(107)33(140-82)16-127-73-37(85-20(3)99)49(111)65(29(12-94)135-73)142-77-59(121)53(115)41(103)24(7-89)131-77)46(108)34(138-80)17-128-81-69(147-74-38(86-21(4)100)50(112)66(30(13-95)136-74)143-78-60(122)54(116)42(104)25(8-90)132-78)56(118)44(106)32(139-81)15-126-72-36(84-19(2)98)48(110)64(28(11-93)134-72)141-76-58(120)52(114)40(102)23(6-88)130-76/h23-82,88-96,102-125H,6-17H2,1-5H3,(H,83,97)(H,84,98)(H,85,99)(H,86,100)(H,87,101)/t23-,24-,25-,26-,27-,28-,29-,30-,31-,32-,33-,34-,35-,36-,37-,38-,39-,40+,41+,42+,43+,44-,45-,46-,47-,48+,49-,50-,51-,52+,53+,54+,55+,56+,57+,58-,59-,60-,61-,62+,63-,64-,65-,66-,67-,68+,69+,70+,71?,72-,73-,74+,75+,76+,77+,78+,79+,80+,81+,82-/m1/s1. The fourth-order valence-electron chi connectivity index (χ4n) is 19.1. The fraction of sp³-hybridized carbons (Fsp3) is 0.939. The van der Waals surface area contributed by atoms with E-state index in [0.717, 1.165) is 34.6 Å². The van der Waals surface area contributed by atoms with Gasteiger partial charge in [0.2, 0.25) is 29.5 Å². The summed E-state index contributed by atoms with van der Waals surface area (Å²) in [7, 11) is 0. The SMILES string of the molecule is CC(=O)N[C@H]1[C@H](OC[C@H]2O[C@H](O[C@@H]3[C@H](O)[C@H](O[C@H]4[C@H](O)[C@@H](NC(C)=O)C(O)O[C@@H]4CO)O[C@H](CO[C@H]4O[C@H](CO[C@@H]5O[C@H](CO)[C@@H](O[C@@H]6O[C@H](CO)[C@H](O)[C@H](O)[C@H]6O)[C@@H](O)[C@H]5NC(C)=O)[C@@H](O)[C@H](O)[C@@H]4O[C@@H]4O[C@H](CO)[C@@H](O[C@@H]5O[C@H](CO)[C@H](O)[C@H](O)[C@H]5O)[C@H](O)[C@H]4NC(C)=O)[C@H]3O)[C@@H](O[C@@H]3O[C@H](CO)[C@@H](O[C@@H]4O[C@H](CO)[C@H](O)[C@H](O)[C@H]4O)[C@H](O)[C@H]3NC(C)=O)[C@@H](O)[C@@H]2O)O[C@H](CO)[C@@H](O[C@@H]2O[C@H](CO)[C@H](O)[C@H](O)[C@H]2O)[C@@H]1O. The number of nitrogens with one attached hydrogen (secondary N) is 5. The summed E-state index contributed by atoms with van der Waals surface area (Å²) in [5, 5.41) is 384. The van der Waals surface area contributed by atoms with Gasteiger partial charge in [0, 0.05) is 34.6 Å². The lowest BCUT2D eigenvalue weighted by atomic mass is 9.94. The third-order valence-corrected chi connectivity index (χ3v) is 27.1. The second kappa shape index (κ2) is 53.4. The lowest BCUT2D eigenvalue weighted by Gasteiger charge is -2.51. The number of hydrogen-bond acceptors (Lipinski definition) is 61. The van der Waals surface area contributed by atoms with E-state index in [1.807, 2.05) is 0 Å². The average molecular weight is 2170 g/mol. The number of carbonyl (C=O) groups is 5. The van der Waals surface area contributed by atoms with Crippen LogP contribution in [-0.2, 0) is 133 Å². The van der Waals surface area contributed by atoms with Crippen LogP contribution in [0, 0.1) is 0 Å². The largest absolute Gasteiger partial charge is 0.394 e. The molecule has 0 spiro atoms. The third kappa shape index (κ3) is 27.0. The highest BCUT2D eigenvalue weighted by Crippen LogP contribution is 2.42. The van der Waals surface area contributed by atoms with Crippen LogP contribution >= 0.6 is 0 Å². The van der Waals surface area contributed by atoms with E-state index >= 15 is 0 Å². The summed E-state index contributed by atoms with van der Waals surface area (Å²) in [6.07, 6.45) is -120. The minimum atomic E-state index is -2.76. The van der Waals surface area contributed by atoms with E-state index in [9.17, 15) is 192 Å². The molecule has 0 aliphatic carbocycles. The first-order chi connectivity index (χ1) is 70.0. The number of rotatable bonds is 39. The van der Waals surface area contributed by atoms with Crippen molar-refractivity contribution in [1.82, 2.24) is 26.6 Å². The molecule has 12 aliphatic heterocycles. The quantitative estimate of drug-likeness (QED) is 0.0272. The number of carbonyl (C=O) groups excluding carboxylic acids is 5. The number of hydrogen-bond donors (Lipinski definition) is 38. The molecule has 0 bridgehead atoms. The molecule has 0 saturated carbocycles. The van der Waals surface area contributed by atoms with Gasteiger partial charge in [-0.25, -0.2) is 0 Å². The molecule has 0 aromatic heterocycles. The topological polar surface area (TPSA) is 1030 Å². The summed E-state index contributed by atoms with van der Waals surface area (Å²) in [4.78, 5) is 65.4. The Balaban J connectivity index is 0.923. The van der Waals surface area contributed by atoms with Gasteiger partial charge in [-0.3, -0.25) is 24.0 Å². The zero-order chi connectivity index (χ0) is 109. The second-order valence-corrected chi connectivity index (χ2v) is 37.4. The van der Waals surface area contributed by atoms with E-state index in [2.05, 4.69) is 26.6 Å². The van der Waals surface area contributed by atoms with E-state index in [4.69, 9.17) is 109 Å². The van der Waals surface area contributed by atoms with Crippen molar-refractivity contribution in [2.75, 3.05) is 79.3 Å². The van der Waals surface area contributed by atoms with Crippen molar-refractivity contribution in [3.63, 3.8) is 0 Å². The third-order valence-electron chi connectivity index (χ3n) is 27.1. The lowest BCUT2D eigenvalue weighted by Crippen LogP contribution is -2.70. The molecule has 66 heteroatoms. The molecule has 1 unspecified atom stereocenters. The van der Waals surface area contributed by atoms with Crippen molar-refractivity contribution in [3.05, 3.63) is 0 Å². The van der Waals surface area contributed by atoms with Crippen molar-refractivity contribution in [2.24, 2.45) is 0 Å². The number of ether oxygens (including phenoxy) is 23. The first kappa shape index (κ1) is 122. The molecule has 12 saturated heterocycles. The Kier molecular flexibility index (Phi) is 43.9. The highest BCUT2D eigenvalue weighted by atomic mass is 16.8. The molecule has 148 heavy (non-hydrogen) atoms. The molecule has 12 rings (SSSR count). The van der Waals surface area contributed by atoms with E-state index in [1.54, 1.807) is 0 Å². The summed E-state index contributed by atoms with van der Waals surface area (Å²) in [5.74, 6) is -4.98. The molecular weight excluding hydrogens is 2030 g/mol. The maximum Gasteiger partial charge on any atom is 0.217 e. The van der Waals surface area contributed by atoms with Gasteiger partial charge in [-0.2, -0.15) is 0 Å². The van der Waals surface area contributed by atoms with Gasteiger partial charge in [0.15, 0.2) is 75.5 Å². The van der Waals surface area contributed by atoms with Crippen molar-refractivity contribution in [1.29, 1.82) is 0 Å². The van der Waals surface area contributed by atoms with Crippen molar-refractivity contribution in [2.45, 2.75) is 403 Å². The minimum Gasteiger partial charge on any atom is -0.394 e. The monoisotopic (exact) mass is 2170 g/mol. The Morgan fingerprint density at radius 2 is 0.372 bits per heavy atom. The average Bonchev–Trinajstić information content (AvgIpc) is 0.743. The molecule has 12 fully saturated rings. The first-order valence-corrected chi connectivity index (χ1v) is 47.2.